The van der Waals surface area contributed by atoms with Crippen molar-refractivity contribution in [2.45, 2.75) is 52.6 Å². The van der Waals surface area contributed by atoms with Gasteiger partial charge >= 0.3 is 5.97 Å². The molecule has 2 atom stereocenters. The maximum absolute atomic E-state index is 10.8. The molecular weight excluding hydrogens is 266 g/mol. The van der Waals surface area contributed by atoms with Gasteiger partial charge in [0.1, 0.15) is 5.75 Å². The molecule has 21 heavy (non-hydrogen) atoms. The Kier molecular flexibility index (Phi) is 7.23. The van der Waals surface area contributed by atoms with Gasteiger partial charge in [-0.05, 0) is 32.8 Å². The van der Waals surface area contributed by atoms with E-state index >= 15 is 0 Å². The van der Waals surface area contributed by atoms with E-state index in [9.17, 15) is 4.79 Å². The van der Waals surface area contributed by atoms with Gasteiger partial charge < -0.3 is 15.2 Å². The van der Waals surface area contributed by atoms with Gasteiger partial charge in [0.15, 0.2) is 0 Å². The third kappa shape index (κ3) is 6.17. The Morgan fingerprint density at radius 2 is 2.05 bits per heavy atom. The molecule has 4 nitrogen and oxygen atoms in total. The van der Waals surface area contributed by atoms with Crippen LogP contribution >= 0.6 is 0 Å². The molecule has 1 aromatic rings. The van der Waals surface area contributed by atoms with Gasteiger partial charge in [-0.25, -0.2) is 0 Å². The number of rotatable bonds is 9. The molecule has 0 aliphatic heterocycles. The summed E-state index contributed by atoms with van der Waals surface area (Å²) in [5, 5.41) is 12.3. The van der Waals surface area contributed by atoms with Crippen LogP contribution in [0.2, 0.25) is 0 Å². The Morgan fingerprint density at radius 3 is 2.67 bits per heavy atom. The van der Waals surface area contributed by atoms with E-state index in [1.807, 2.05) is 12.1 Å². The number of aryl methyl sites for hydroxylation is 1. The number of hydrogen-bond acceptors (Lipinski definition) is 3. The van der Waals surface area contributed by atoms with Gasteiger partial charge in [0.2, 0.25) is 0 Å². The Morgan fingerprint density at radius 1 is 1.33 bits per heavy atom. The molecule has 0 amide bonds. The number of aliphatic carboxylic acids is 1. The molecule has 0 bridgehead atoms. The summed E-state index contributed by atoms with van der Waals surface area (Å²) >= 11 is 0. The zero-order chi connectivity index (χ0) is 15.8. The number of carboxylic acids is 1. The standard InChI is InChI=1S/C17H27NO3/c1-12-8-9-16(21-4)15(10-12)11-18-14(3)7-5-6-13(2)17(19)20/h8-10,13-14,18H,5-7,11H2,1-4H3,(H,19,20). The van der Waals surface area contributed by atoms with E-state index < -0.39 is 5.97 Å². The van der Waals surface area contributed by atoms with E-state index in [4.69, 9.17) is 9.84 Å². The number of carbonyl (C=O) groups is 1. The minimum absolute atomic E-state index is 0.255. The molecule has 0 saturated carbocycles. The summed E-state index contributed by atoms with van der Waals surface area (Å²) in [6, 6.07) is 6.52. The normalized spacial score (nSPS) is 13.7. The molecule has 1 rings (SSSR count). The SMILES string of the molecule is COc1ccc(C)cc1CNC(C)CCCC(C)C(=O)O. The molecule has 0 heterocycles. The van der Waals surface area contributed by atoms with E-state index in [-0.39, 0.29) is 5.92 Å². The second-order valence-corrected chi connectivity index (χ2v) is 5.77. The lowest BCUT2D eigenvalue weighted by Gasteiger charge is -2.16. The first-order valence-corrected chi connectivity index (χ1v) is 7.53. The van der Waals surface area contributed by atoms with Crippen molar-refractivity contribution in [2.24, 2.45) is 5.92 Å². The van der Waals surface area contributed by atoms with Crippen LogP contribution in [0.4, 0.5) is 0 Å². The summed E-state index contributed by atoms with van der Waals surface area (Å²) in [4.78, 5) is 10.8. The molecule has 0 saturated heterocycles. The highest BCUT2D eigenvalue weighted by Gasteiger charge is 2.11. The Balaban J connectivity index is 2.37. The number of ether oxygens (including phenoxy) is 1. The summed E-state index contributed by atoms with van der Waals surface area (Å²) in [7, 11) is 1.69. The van der Waals surface area contributed by atoms with Crippen LogP contribution in [0.3, 0.4) is 0 Å². The van der Waals surface area contributed by atoms with Gasteiger partial charge in [-0.1, -0.05) is 31.0 Å². The lowest BCUT2D eigenvalue weighted by atomic mass is 10.0. The molecule has 0 aromatic heterocycles. The average molecular weight is 293 g/mol. The van der Waals surface area contributed by atoms with Crippen LogP contribution in [-0.2, 0) is 11.3 Å². The zero-order valence-corrected chi connectivity index (χ0v) is 13.5. The van der Waals surface area contributed by atoms with Crippen LogP contribution in [0.1, 0.15) is 44.2 Å². The molecule has 2 N–H and O–H groups in total. The Hall–Kier alpha value is -1.55. The molecule has 2 unspecified atom stereocenters. The summed E-state index contributed by atoms with van der Waals surface area (Å²) in [5.74, 6) is -0.0611. The van der Waals surface area contributed by atoms with Crippen molar-refractivity contribution in [1.82, 2.24) is 5.32 Å². The predicted octanol–water partition coefficient (Wildman–Crippen LogP) is 3.37. The van der Waals surface area contributed by atoms with Gasteiger partial charge in [-0.15, -0.1) is 0 Å². The maximum Gasteiger partial charge on any atom is 0.306 e. The summed E-state index contributed by atoms with van der Waals surface area (Å²) in [5.41, 5.74) is 2.37. The quantitative estimate of drug-likeness (QED) is 0.733. The minimum Gasteiger partial charge on any atom is -0.496 e. The summed E-state index contributed by atoms with van der Waals surface area (Å²) in [6.07, 6.45) is 2.63. The van der Waals surface area contributed by atoms with E-state index in [2.05, 4.69) is 25.2 Å². The fourth-order valence-corrected chi connectivity index (χ4v) is 2.29. The monoisotopic (exact) mass is 293 g/mol. The molecule has 0 aliphatic carbocycles. The van der Waals surface area contributed by atoms with Crippen LogP contribution in [0.25, 0.3) is 0 Å². The maximum atomic E-state index is 10.8. The smallest absolute Gasteiger partial charge is 0.306 e. The summed E-state index contributed by atoms with van der Waals surface area (Å²) in [6.45, 7) is 6.73. The highest BCUT2D eigenvalue weighted by molar-refractivity contribution is 5.69. The van der Waals surface area contributed by atoms with E-state index in [0.29, 0.717) is 6.04 Å². The Bertz CT molecular complexity index is 459. The Labute approximate surface area is 127 Å². The number of carboxylic acid groups (broad SMARTS) is 1. The van der Waals surface area contributed by atoms with Crippen LogP contribution < -0.4 is 10.1 Å². The topological polar surface area (TPSA) is 58.6 Å². The number of benzene rings is 1. The number of hydrogen-bond donors (Lipinski definition) is 2. The lowest BCUT2D eigenvalue weighted by molar-refractivity contribution is -0.141. The molecule has 4 heteroatoms. The second kappa shape index (κ2) is 8.67. The third-order valence-electron chi connectivity index (χ3n) is 3.77. The predicted molar refractivity (Wildman–Crippen MR) is 84.7 cm³/mol. The van der Waals surface area contributed by atoms with Crippen molar-refractivity contribution in [3.05, 3.63) is 29.3 Å². The fourth-order valence-electron chi connectivity index (χ4n) is 2.29. The molecule has 0 aliphatic rings. The largest absolute Gasteiger partial charge is 0.496 e. The van der Waals surface area contributed by atoms with E-state index in [1.165, 1.54) is 5.56 Å². The molecule has 1 aromatic carbocycles. The van der Waals surface area contributed by atoms with Crippen molar-refractivity contribution in [1.29, 1.82) is 0 Å². The van der Waals surface area contributed by atoms with E-state index in [1.54, 1.807) is 14.0 Å². The van der Waals surface area contributed by atoms with Gasteiger partial charge in [0, 0.05) is 18.2 Å². The van der Waals surface area contributed by atoms with Crippen molar-refractivity contribution >= 4 is 5.97 Å². The molecule has 118 valence electrons. The van der Waals surface area contributed by atoms with Crippen molar-refractivity contribution in [3.8, 4) is 5.75 Å². The zero-order valence-electron chi connectivity index (χ0n) is 13.5. The highest BCUT2D eigenvalue weighted by Crippen LogP contribution is 2.19. The minimum atomic E-state index is -0.708. The molecular formula is C17H27NO3. The second-order valence-electron chi connectivity index (χ2n) is 5.77. The third-order valence-corrected chi connectivity index (χ3v) is 3.77. The lowest BCUT2D eigenvalue weighted by Crippen LogP contribution is -2.26. The van der Waals surface area contributed by atoms with E-state index in [0.717, 1.165) is 37.1 Å². The van der Waals surface area contributed by atoms with Gasteiger partial charge in [-0.2, -0.15) is 0 Å². The van der Waals surface area contributed by atoms with Crippen LogP contribution in [0, 0.1) is 12.8 Å². The summed E-state index contributed by atoms with van der Waals surface area (Å²) < 4.78 is 5.37. The van der Waals surface area contributed by atoms with Crippen LogP contribution in [0.15, 0.2) is 18.2 Å². The van der Waals surface area contributed by atoms with Crippen molar-refractivity contribution in [2.75, 3.05) is 7.11 Å². The first-order chi connectivity index (χ1) is 9.93. The molecule has 0 spiro atoms. The van der Waals surface area contributed by atoms with Crippen LogP contribution in [-0.4, -0.2) is 24.2 Å². The number of nitrogens with one attached hydrogen (secondary N) is 1. The average Bonchev–Trinajstić information content (AvgIpc) is 2.45. The van der Waals surface area contributed by atoms with Crippen molar-refractivity contribution in [3.63, 3.8) is 0 Å². The van der Waals surface area contributed by atoms with Crippen LogP contribution in [0.5, 0.6) is 5.75 Å². The van der Waals surface area contributed by atoms with Crippen molar-refractivity contribution < 1.29 is 14.6 Å². The van der Waals surface area contributed by atoms with Gasteiger partial charge in [-0.3, -0.25) is 4.79 Å². The highest BCUT2D eigenvalue weighted by atomic mass is 16.5. The van der Waals surface area contributed by atoms with Gasteiger partial charge in [0.05, 0.1) is 13.0 Å². The first kappa shape index (κ1) is 17.5. The number of methoxy groups -OCH3 is 1. The first-order valence-electron chi connectivity index (χ1n) is 7.53. The fraction of sp³-hybridized carbons (Fsp3) is 0.588. The molecule has 0 fully saturated rings. The molecule has 0 radical (unpaired) electrons. The van der Waals surface area contributed by atoms with Gasteiger partial charge in [0.25, 0.3) is 0 Å².